The molecule has 4 rings (SSSR count). The van der Waals surface area contributed by atoms with Crippen LogP contribution in [-0.4, -0.2) is 19.6 Å². The van der Waals surface area contributed by atoms with E-state index in [1.165, 1.54) is 6.92 Å². The Morgan fingerprint density at radius 1 is 0.964 bits per heavy atom. The van der Waals surface area contributed by atoms with Crippen LogP contribution in [0.2, 0.25) is 0 Å². The van der Waals surface area contributed by atoms with Gasteiger partial charge in [-0.05, 0) is 49.4 Å². The topological polar surface area (TPSA) is 76.4 Å². The van der Waals surface area contributed by atoms with Gasteiger partial charge in [-0.1, -0.05) is 18.2 Å². The minimum absolute atomic E-state index is 0.107. The van der Waals surface area contributed by atoms with Crippen LogP contribution >= 0.6 is 0 Å². The number of para-hydroxylation sites is 1. The molecule has 0 saturated heterocycles. The van der Waals surface area contributed by atoms with Gasteiger partial charge in [-0.25, -0.2) is 12.8 Å². The molecule has 1 heterocycles. The number of hydrogen-bond acceptors (Lipinski definition) is 4. The molecule has 0 aliphatic heterocycles. The quantitative estimate of drug-likeness (QED) is 0.514. The third-order valence-corrected chi connectivity index (χ3v) is 6.70. The Hall–Kier alpha value is -3.19. The molecule has 0 fully saturated rings. The molecule has 0 radical (unpaired) electrons. The van der Waals surface area contributed by atoms with Gasteiger partial charge in [0, 0.05) is 22.5 Å². The summed E-state index contributed by atoms with van der Waals surface area (Å²) in [5.74, 6) is -1.23. The molecule has 0 aliphatic rings. The number of fused-ring (bicyclic) bond motifs is 3. The van der Waals surface area contributed by atoms with Crippen molar-refractivity contribution in [3.8, 4) is 0 Å². The normalized spacial score (nSPS) is 12.9. The molecule has 0 spiro atoms. The zero-order valence-corrected chi connectivity index (χ0v) is 15.7. The monoisotopic (exact) mass is 397 g/mol. The van der Waals surface area contributed by atoms with Crippen molar-refractivity contribution < 1.29 is 22.0 Å². The first kappa shape index (κ1) is 18.2. The zero-order valence-electron chi connectivity index (χ0n) is 14.8. The predicted octanol–water partition coefficient (Wildman–Crippen LogP) is 4.53. The summed E-state index contributed by atoms with van der Waals surface area (Å²) in [6.45, 7) is 1.30. The van der Waals surface area contributed by atoms with E-state index in [4.69, 9.17) is 4.42 Å². The number of carbonyl (C=O) groups is 1. The Balaban J connectivity index is 1.60. The molecule has 142 valence electrons. The number of rotatable bonds is 4. The minimum atomic E-state index is -3.94. The minimum Gasteiger partial charge on any atom is -0.456 e. The molecule has 4 aromatic rings. The maximum Gasteiger partial charge on any atom is 0.242 e. The molecular formula is C21H16FNO4S. The highest BCUT2D eigenvalue weighted by atomic mass is 32.2. The first-order chi connectivity index (χ1) is 13.4. The van der Waals surface area contributed by atoms with Gasteiger partial charge in [-0.15, -0.1) is 0 Å². The summed E-state index contributed by atoms with van der Waals surface area (Å²) >= 11 is 0. The second-order valence-electron chi connectivity index (χ2n) is 6.44. The molecule has 7 heteroatoms. The Labute approximate surface area is 160 Å². The standard InChI is InChI=1S/C21H16FNO4S/c1-13(28(25,26)16-9-6-14(22)7-10-16)21(24)23-15-8-11-18-17-4-2-3-5-19(17)27-20(18)12-15/h2-13H,1H3,(H,23,24)/t13-/m0/s1. The van der Waals surface area contributed by atoms with Gasteiger partial charge < -0.3 is 9.73 Å². The summed E-state index contributed by atoms with van der Waals surface area (Å²) in [6, 6.07) is 17.1. The highest BCUT2D eigenvalue weighted by Crippen LogP contribution is 2.30. The second-order valence-corrected chi connectivity index (χ2v) is 8.71. The largest absolute Gasteiger partial charge is 0.456 e. The van der Waals surface area contributed by atoms with Crippen LogP contribution in [0.25, 0.3) is 21.9 Å². The first-order valence-corrected chi connectivity index (χ1v) is 10.1. The van der Waals surface area contributed by atoms with Crippen molar-refractivity contribution in [1.82, 2.24) is 0 Å². The number of hydrogen-bond donors (Lipinski definition) is 1. The third kappa shape index (κ3) is 3.14. The molecule has 1 aromatic heterocycles. The second kappa shape index (κ2) is 6.76. The molecule has 0 unspecified atom stereocenters. The van der Waals surface area contributed by atoms with E-state index in [0.29, 0.717) is 11.3 Å². The fourth-order valence-corrected chi connectivity index (χ4v) is 4.28. The van der Waals surface area contributed by atoms with Crippen LogP contribution in [0, 0.1) is 5.82 Å². The molecule has 1 N–H and O–H groups in total. The van der Waals surface area contributed by atoms with E-state index in [1.54, 1.807) is 12.1 Å². The van der Waals surface area contributed by atoms with Crippen molar-refractivity contribution in [2.75, 3.05) is 5.32 Å². The van der Waals surface area contributed by atoms with E-state index in [9.17, 15) is 17.6 Å². The van der Waals surface area contributed by atoms with Crippen molar-refractivity contribution in [2.24, 2.45) is 0 Å². The lowest BCUT2D eigenvalue weighted by atomic mass is 10.1. The highest BCUT2D eigenvalue weighted by molar-refractivity contribution is 7.92. The summed E-state index contributed by atoms with van der Waals surface area (Å²) in [6.07, 6.45) is 0. The van der Waals surface area contributed by atoms with Gasteiger partial charge >= 0.3 is 0 Å². The zero-order chi connectivity index (χ0) is 19.9. The molecule has 0 saturated carbocycles. The van der Waals surface area contributed by atoms with E-state index < -0.39 is 26.8 Å². The number of halogens is 1. The fourth-order valence-electron chi connectivity index (χ4n) is 3.02. The van der Waals surface area contributed by atoms with Gasteiger partial charge in [0.2, 0.25) is 5.91 Å². The SMILES string of the molecule is C[C@@H](C(=O)Nc1ccc2c(c1)oc1ccccc12)S(=O)(=O)c1ccc(F)cc1. The van der Waals surface area contributed by atoms with Crippen LogP contribution < -0.4 is 5.32 Å². The maximum atomic E-state index is 13.0. The molecule has 1 amide bonds. The Bertz CT molecular complexity index is 1290. The Morgan fingerprint density at radius 2 is 1.64 bits per heavy atom. The van der Waals surface area contributed by atoms with E-state index in [-0.39, 0.29) is 4.90 Å². The summed E-state index contributed by atoms with van der Waals surface area (Å²) in [4.78, 5) is 12.4. The summed E-state index contributed by atoms with van der Waals surface area (Å²) in [5.41, 5.74) is 1.75. The molecule has 3 aromatic carbocycles. The van der Waals surface area contributed by atoms with Crippen LogP contribution in [0.4, 0.5) is 10.1 Å². The van der Waals surface area contributed by atoms with Crippen LogP contribution in [0.5, 0.6) is 0 Å². The maximum absolute atomic E-state index is 13.0. The van der Waals surface area contributed by atoms with Crippen molar-refractivity contribution in [3.05, 3.63) is 72.5 Å². The molecule has 0 bridgehead atoms. The van der Waals surface area contributed by atoms with E-state index in [0.717, 1.165) is 40.6 Å². The number of furan rings is 1. The fraction of sp³-hybridized carbons (Fsp3) is 0.0952. The highest BCUT2D eigenvalue weighted by Gasteiger charge is 2.30. The number of nitrogens with one attached hydrogen (secondary N) is 1. The summed E-state index contributed by atoms with van der Waals surface area (Å²) < 4.78 is 44.0. The predicted molar refractivity (Wildman–Crippen MR) is 105 cm³/mol. The van der Waals surface area contributed by atoms with Crippen molar-refractivity contribution in [1.29, 1.82) is 0 Å². The van der Waals surface area contributed by atoms with Crippen molar-refractivity contribution in [3.63, 3.8) is 0 Å². The molecule has 1 atom stereocenters. The average molecular weight is 397 g/mol. The van der Waals surface area contributed by atoms with Crippen LogP contribution in [0.1, 0.15) is 6.92 Å². The van der Waals surface area contributed by atoms with E-state index in [2.05, 4.69) is 5.32 Å². The number of benzene rings is 3. The summed E-state index contributed by atoms with van der Waals surface area (Å²) in [7, 11) is -3.94. The average Bonchev–Trinajstić information content (AvgIpc) is 3.05. The molecule has 5 nitrogen and oxygen atoms in total. The van der Waals surface area contributed by atoms with Gasteiger partial charge in [0.15, 0.2) is 9.84 Å². The number of amides is 1. The first-order valence-electron chi connectivity index (χ1n) is 8.58. The lowest BCUT2D eigenvalue weighted by Gasteiger charge is -2.13. The number of sulfone groups is 1. The van der Waals surface area contributed by atoms with Gasteiger partial charge in [-0.2, -0.15) is 0 Å². The Kier molecular flexibility index (Phi) is 4.39. The number of carbonyl (C=O) groups excluding carboxylic acids is 1. The van der Waals surface area contributed by atoms with Gasteiger partial charge in [0.05, 0.1) is 4.90 Å². The third-order valence-electron chi connectivity index (χ3n) is 4.62. The lowest BCUT2D eigenvalue weighted by molar-refractivity contribution is -0.115. The smallest absolute Gasteiger partial charge is 0.242 e. The molecular weight excluding hydrogens is 381 g/mol. The van der Waals surface area contributed by atoms with E-state index >= 15 is 0 Å². The van der Waals surface area contributed by atoms with Crippen LogP contribution in [-0.2, 0) is 14.6 Å². The van der Waals surface area contributed by atoms with Crippen LogP contribution in [0.15, 0.2) is 76.0 Å². The lowest BCUT2D eigenvalue weighted by Crippen LogP contribution is -2.32. The van der Waals surface area contributed by atoms with Crippen molar-refractivity contribution in [2.45, 2.75) is 17.1 Å². The summed E-state index contributed by atoms with van der Waals surface area (Å²) in [5, 5.41) is 3.13. The molecule has 0 aliphatic carbocycles. The molecule has 28 heavy (non-hydrogen) atoms. The van der Waals surface area contributed by atoms with Crippen molar-refractivity contribution >= 4 is 43.4 Å². The number of anilines is 1. The van der Waals surface area contributed by atoms with Gasteiger partial charge in [-0.3, -0.25) is 4.79 Å². The Morgan fingerprint density at radius 3 is 2.39 bits per heavy atom. The van der Waals surface area contributed by atoms with Gasteiger partial charge in [0.25, 0.3) is 0 Å². The van der Waals surface area contributed by atoms with Crippen LogP contribution in [0.3, 0.4) is 0 Å². The van der Waals surface area contributed by atoms with Gasteiger partial charge in [0.1, 0.15) is 22.2 Å². The van der Waals surface area contributed by atoms with E-state index in [1.807, 2.05) is 30.3 Å².